The Hall–Kier alpha value is -1.03. The summed E-state index contributed by atoms with van der Waals surface area (Å²) in [5, 5.41) is 0. The molecule has 0 heterocycles. The first-order valence-corrected chi connectivity index (χ1v) is 10.0. The number of rotatable bonds is 13. The molecule has 1 unspecified atom stereocenters. The fraction of sp³-hybridized carbons (Fsp3) is 0.650. The van der Waals surface area contributed by atoms with E-state index in [0.717, 1.165) is 24.2 Å². The molecule has 0 bridgehead atoms. The van der Waals surface area contributed by atoms with Gasteiger partial charge in [-0.25, -0.2) is 0 Å². The number of methoxy groups -OCH3 is 1. The fourth-order valence-corrected chi connectivity index (χ4v) is 3.00. The van der Waals surface area contributed by atoms with Gasteiger partial charge in [-0.1, -0.05) is 86.4 Å². The van der Waals surface area contributed by atoms with Crippen molar-refractivity contribution in [2.75, 3.05) is 7.11 Å². The van der Waals surface area contributed by atoms with E-state index in [9.17, 15) is 4.79 Å². The fourth-order valence-electron chi connectivity index (χ4n) is 2.54. The zero-order chi connectivity index (χ0) is 17.6. The van der Waals surface area contributed by atoms with Gasteiger partial charge in [-0.15, -0.1) is 0 Å². The molecule has 0 amide bonds. The lowest BCUT2D eigenvalue weighted by atomic mass is 10.1. The molecule has 1 aromatic rings. The molecule has 24 heavy (non-hydrogen) atoms. The molecule has 0 aliphatic rings. The zero-order valence-corrected chi connectivity index (χ0v) is 16.6. The Morgan fingerprint density at radius 2 is 1.58 bits per heavy atom. The molecule has 0 N–H and O–H groups in total. The van der Waals surface area contributed by atoms with Crippen molar-refractivity contribution in [1.82, 2.24) is 0 Å². The van der Waals surface area contributed by atoms with E-state index in [2.05, 4.69) is 22.9 Å². The Labute approximate surface area is 155 Å². The summed E-state index contributed by atoms with van der Waals surface area (Å²) < 4.78 is 10.5. The molecule has 0 aromatic heterocycles. The normalized spacial score (nSPS) is 12.0. The summed E-state index contributed by atoms with van der Waals surface area (Å²) in [6.45, 7) is 2.55. The van der Waals surface area contributed by atoms with E-state index in [0.29, 0.717) is 6.61 Å². The van der Waals surface area contributed by atoms with E-state index < -0.39 is 0 Å². The van der Waals surface area contributed by atoms with Crippen LogP contribution in [0.3, 0.4) is 0 Å². The summed E-state index contributed by atoms with van der Waals surface area (Å²) >= 11 is 3.45. The van der Waals surface area contributed by atoms with Gasteiger partial charge < -0.3 is 9.47 Å². The average molecular weight is 399 g/mol. The Bertz CT molecular complexity index is 445. The third kappa shape index (κ3) is 9.31. The van der Waals surface area contributed by atoms with Crippen molar-refractivity contribution in [3.63, 3.8) is 0 Å². The number of carbonyl (C=O) groups excluding carboxylic acids is 1. The number of carbonyl (C=O) groups is 1. The maximum Gasteiger partial charge on any atom is 0.320 e. The van der Waals surface area contributed by atoms with Crippen LogP contribution in [0.5, 0.6) is 5.75 Å². The van der Waals surface area contributed by atoms with E-state index in [1.54, 1.807) is 7.11 Å². The Morgan fingerprint density at radius 1 is 1.00 bits per heavy atom. The number of alkyl halides is 1. The van der Waals surface area contributed by atoms with Crippen LogP contribution in [-0.4, -0.2) is 17.9 Å². The van der Waals surface area contributed by atoms with Crippen LogP contribution in [0.1, 0.15) is 70.3 Å². The number of esters is 1. The largest absolute Gasteiger partial charge is 0.497 e. The quantitative estimate of drug-likeness (QED) is 0.231. The highest BCUT2D eigenvalue weighted by molar-refractivity contribution is 9.10. The lowest BCUT2D eigenvalue weighted by Gasteiger charge is -2.10. The molecular weight excluding hydrogens is 368 g/mol. The first-order valence-electron chi connectivity index (χ1n) is 9.11. The Kier molecular flexibility index (Phi) is 11.6. The molecular formula is C20H31BrO3. The Morgan fingerprint density at radius 3 is 2.17 bits per heavy atom. The number of ether oxygens (including phenoxy) is 2. The van der Waals surface area contributed by atoms with Crippen LogP contribution in [0.25, 0.3) is 0 Å². The number of hydrogen-bond donors (Lipinski definition) is 0. The smallest absolute Gasteiger partial charge is 0.320 e. The van der Waals surface area contributed by atoms with Gasteiger partial charge in [0.2, 0.25) is 0 Å². The first kappa shape index (κ1) is 21.0. The minimum atomic E-state index is -0.198. The minimum Gasteiger partial charge on any atom is -0.497 e. The number of unbranched alkanes of at least 4 members (excludes halogenated alkanes) is 7. The molecule has 1 aromatic carbocycles. The number of benzene rings is 1. The van der Waals surface area contributed by atoms with Gasteiger partial charge in [0.05, 0.1) is 7.11 Å². The molecule has 0 radical (unpaired) electrons. The molecule has 0 saturated heterocycles. The van der Waals surface area contributed by atoms with Gasteiger partial charge in [-0.2, -0.15) is 0 Å². The lowest BCUT2D eigenvalue weighted by Crippen LogP contribution is -2.17. The van der Waals surface area contributed by atoms with Gasteiger partial charge >= 0.3 is 5.97 Å². The molecule has 0 aliphatic heterocycles. The molecule has 0 saturated carbocycles. The van der Waals surface area contributed by atoms with Crippen LogP contribution in [0.4, 0.5) is 0 Å². The number of halogens is 1. The van der Waals surface area contributed by atoms with Crippen molar-refractivity contribution >= 4 is 21.9 Å². The molecule has 0 aliphatic carbocycles. The summed E-state index contributed by atoms with van der Waals surface area (Å²) in [5.41, 5.74) is 0.968. The first-order chi connectivity index (χ1) is 11.7. The van der Waals surface area contributed by atoms with Crippen LogP contribution in [0.15, 0.2) is 24.3 Å². The lowest BCUT2D eigenvalue weighted by molar-refractivity contribution is -0.144. The summed E-state index contributed by atoms with van der Waals surface area (Å²) in [6, 6.07) is 7.56. The summed E-state index contributed by atoms with van der Waals surface area (Å²) in [7, 11) is 1.63. The van der Waals surface area contributed by atoms with Crippen molar-refractivity contribution < 1.29 is 14.3 Å². The van der Waals surface area contributed by atoms with Crippen LogP contribution >= 0.6 is 15.9 Å². The minimum absolute atomic E-state index is 0.172. The van der Waals surface area contributed by atoms with E-state index in [-0.39, 0.29) is 10.8 Å². The van der Waals surface area contributed by atoms with Gasteiger partial charge in [0.15, 0.2) is 0 Å². The maximum atomic E-state index is 12.0. The molecule has 1 rings (SSSR count). The van der Waals surface area contributed by atoms with Crippen molar-refractivity contribution in [2.24, 2.45) is 0 Å². The third-order valence-electron chi connectivity index (χ3n) is 4.11. The van der Waals surface area contributed by atoms with Gasteiger partial charge in [0.1, 0.15) is 17.2 Å². The third-order valence-corrected chi connectivity index (χ3v) is 4.94. The molecule has 3 nitrogen and oxygen atoms in total. The van der Waals surface area contributed by atoms with Crippen LogP contribution in [-0.2, 0) is 16.1 Å². The SMILES string of the molecule is CCCCCCCCCCC(Br)C(=O)OCc1ccc(OC)cc1. The maximum absolute atomic E-state index is 12.0. The summed E-state index contributed by atoms with van der Waals surface area (Å²) in [6.07, 6.45) is 11.0. The second-order valence-electron chi connectivity index (χ2n) is 6.19. The van der Waals surface area contributed by atoms with E-state index in [1.165, 1.54) is 44.9 Å². The van der Waals surface area contributed by atoms with E-state index >= 15 is 0 Å². The molecule has 4 heteroatoms. The predicted octanol–water partition coefficient (Wildman–Crippen LogP) is 6.03. The van der Waals surface area contributed by atoms with Gasteiger partial charge in [-0.3, -0.25) is 4.79 Å². The molecule has 136 valence electrons. The van der Waals surface area contributed by atoms with Crippen LogP contribution in [0.2, 0.25) is 0 Å². The Balaban J connectivity index is 2.09. The van der Waals surface area contributed by atoms with Crippen LogP contribution in [0, 0.1) is 0 Å². The highest BCUT2D eigenvalue weighted by Gasteiger charge is 2.15. The molecule has 1 atom stereocenters. The average Bonchev–Trinajstić information content (AvgIpc) is 2.62. The highest BCUT2D eigenvalue weighted by Crippen LogP contribution is 2.17. The molecule has 0 fully saturated rings. The van der Waals surface area contributed by atoms with Gasteiger partial charge in [-0.05, 0) is 24.1 Å². The van der Waals surface area contributed by atoms with Crippen LogP contribution < -0.4 is 4.74 Å². The standard InChI is InChI=1S/C20H31BrO3/c1-3-4-5-6-7-8-9-10-11-19(21)20(22)24-16-17-12-14-18(23-2)15-13-17/h12-15,19H,3-11,16H2,1-2H3. The predicted molar refractivity (Wildman–Crippen MR) is 103 cm³/mol. The summed E-state index contributed by atoms with van der Waals surface area (Å²) in [4.78, 5) is 11.8. The van der Waals surface area contributed by atoms with Crippen molar-refractivity contribution in [2.45, 2.75) is 76.1 Å². The van der Waals surface area contributed by atoms with Crippen molar-refractivity contribution in [1.29, 1.82) is 0 Å². The zero-order valence-electron chi connectivity index (χ0n) is 15.1. The van der Waals surface area contributed by atoms with E-state index in [4.69, 9.17) is 9.47 Å². The highest BCUT2D eigenvalue weighted by atomic mass is 79.9. The topological polar surface area (TPSA) is 35.5 Å². The van der Waals surface area contributed by atoms with Crippen molar-refractivity contribution in [3.05, 3.63) is 29.8 Å². The number of hydrogen-bond acceptors (Lipinski definition) is 3. The monoisotopic (exact) mass is 398 g/mol. The second kappa shape index (κ2) is 13.3. The van der Waals surface area contributed by atoms with Crippen molar-refractivity contribution in [3.8, 4) is 5.75 Å². The van der Waals surface area contributed by atoms with Gasteiger partial charge in [0, 0.05) is 0 Å². The van der Waals surface area contributed by atoms with Gasteiger partial charge in [0.25, 0.3) is 0 Å². The molecule has 0 spiro atoms. The van der Waals surface area contributed by atoms with E-state index in [1.807, 2.05) is 24.3 Å². The summed E-state index contributed by atoms with van der Waals surface area (Å²) in [5.74, 6) is 0.631. The second-order valence-corrected chi connectivity index (χ2v) is 7.29.